The van der Waals surface area contributed by atoms with Gasteiger partial charge in [-0.05, 0) is 41.3 Å². The molecule has 2 amide bonds. The summed E-state index contributed by atoms with van der Waals surface area (Å²) in [7, 11) is 1.32. The van der Waals surface area contributed by atoms with E-state index in [0.29, 0.717) is 19.5 Å². The first-order chi connectivity index (χ1) is 15.5. The van der Waals surface area contributed by atoms with Gasteiger partial charge in [-0.1, -0.05) is 43.3 Å². The number of aromatic amines is 1. The minimum atomic E-state index is -0.825. The first-order valence-electron chi connectivity index (χ1n) is 10.6. The number of amides is 2. The van der Waals surface area contributed by atoms with Crippen LogP contribution in [-0.2, 0) is 9.53 Å². The van der Waals surface area contributed by atoms with E-state index in [-0.39, 0.29) is 17.8 Å². The van der Waals surface area contributed by atoms with Crippen molar-refractivity contribution in [2.45, 2.75) is 25.3 Å². The number of carbonyl (C=O) groups excluding carboxylic acids is 2. The van der Waals surface area contributed by atoms with Gasteiger partial charge in [-0.25, -0.2) is 14.0 Å². The summed E-state index contributed by atoms with van der Waals surface area (Å²) in [5, 5.41) is 3.88. The summed E-state index contributed by atoms with van der Waals surface area (Å²) in [6, 6.07) is 13.0. The topological polar surface area (TPSA) is 74.4 Å². The van der Waals surface area contributed by atoms with Gasteiger partial charge in [-0.15, -0.1) is 0 Å². The lowest BCUT2D eigenvalue weighted by Crippen LogP contribution is -2.51. The number of H-pyrrole nitrogens is 1. The lowest BCUT2D eigenvalue weighted by atomic mass is 9.93. The third-order valence-corrected chi connectivity index (χ3v) is 6.06. The SMILES string of the molecule is COC(=O)[C@H](NC(=O)N1CC=C(c2ccc(F)cc2)CC1)[C@@H](C)c1c[nH]c2ccccc12. The Hall–Kier alpha value is -3.61. The molecule has 0 aliphatic carbocycles. The zero-order chi connectivity index (χ0) is 22.7. The van der Waals surface area contributed by atoms with Crippen LogP contribution in [0.4, 0.5) is 9.18 Å². The molecule has 4 rings (SSSR count). The van der Waals surface area contributed by atoms with E-state index in [0.717, 1.165) is 27.6 Å². The van der Waals surface area contributed by atoms with Crippen molar-refractivity contribution in [3.05, 3.63) is 77.7 Å². The Morgan fingerprint density at radius 1 is 1.16 bits per heavy atom. The molecular formula is C25H26FN3O3. The van der Waals surface area contributed by atoms with E-state index in [4.69, 9.17) is 4.74 Å². The number of halogens is 1. The second-order valence-corrected chi connectivity index (χ2v) is 7.96. The average molecular weight is 435 g/mol. The van der Waals surface area contributed by atoms with Gasteiger partial charge in [0, 0.05) is 36.1 Å². The highest BCUT2D eigenvalue weighted by Crippen LogP contribution is 2.29. The first-order valence-corrected chi connectivity index (χ1v) is 10.6. The van der Waals surface area contributed by atoms with Crippen LogP contribution in [0, 0.1) is 5.82 Å². The van der Waals surface area contributed by atoms with Crippen LogP contribution in [0.25, 0.3) is 16.5 Å². The van der Waals surface area contributed by atoms with Crippen LogP contribution in [0.5, 0.6) is 0 Å². The lowest BCUT2D eigenvalue weighted by molar-refractivity contribution is -0.143. The number of benzene rings is 2. The largest absolute Gasteiger partial charge is 0.467 e. The van der Waals surface area contributed by atoms with Gasteiger partial charge in [0.05, 0.1) is 7.11 Å². The minimum Gasteiger partial charge on any atom is -0.467 e. The van der Waals surface area contributed by atoms with Crippen LogP contribution in [0.15, 0.2) is 60.8 Å². The Morgan fingerprint density at radius 3 is 2.59 bits per heavy atom. The number of esters is 1. The fraction of sp³-hybridized carbons (Fsp3) is 0.280. The van der Waals surface area contributed by atoms with Crippen LogP contribution < -0.4 is 5.32 Å². The third kappa shape index (κ3) is 4.37. The standard InChI is InChI=1S/C25H26FN3O3/c1-16(21-15-27-22-6-4-3-5-20(21)22)23(24(30)32-2)28-25(31)29-13-11-18(12-14-29)17-7-9-19(26)10-8-17/h3-11,15-16,23,27H,12-14H2,1-2H3,(H,28,31)/t16-,23+/m0/s1. The highest BCUT2D eigenvalue weighted by atomic mass is 19.1. The fourth-order valence-corrected chi connectivity index (χ4v) is 4.17. The highest BCUT2D eigenvalue weighted by molar-refractivity contribution is 5.88. The quantitative estimate of drug-likeness (QED) is 0.582. The van der Waals surface area contributed by atoms with E-state index < -0.39 is 12.0 Å². The monoisotopic (exact) mass is 435 g/mol. The molecule has 2 atom stereocenters. The molecule has 0 fully saturated rings. The van der Waals surface area contributed by atoms with Crippen molar-refractivity contribution >= 4 is 28.5 Å². The molecular weight excluding hydrogens is 409 g/mol. The molecule has 6 nitrogen and oxygen atoms in total. The number of methoxy groups -OCH3 is 1. The summed E-state index contributed by atoms with van der Waals surface area (Å²) < 4.78 is 18.2. The Labute approximate surface area is 186 Å². The summed E-state index contributed by atoms with van der Waals surface area (Å²) in [5.41, 5.74) is 3.94. The number of ether oxygens (including phenoxy) is 1. The molecule has 0 spiro atoms. The van der Waals surface area contributed by atoms with Crippen molar-refractivity contribution in [3.8, 4) is 0 Å². The molecule has 166 valence electrons. The molecule has 2 heterocycles. The van der Waals surface area contributed by atoms with Gasteiger partial charge < -0.3 is 19.9 Å². The van der Waals surface area contributed by atoms with Crippen molar-refractivity contribution in [3.63, 3.8) is 0 Å². The van der Waals surface area contributed by atoms with E-state index in [9.17, 15) is 14.0 Å². The molecule has 0 bridgehead atoms. The van der Waals surface area contributed by atoms with E-state index >= 15 is 0 Å². The van der Waals surface area contributed by atoms with Gasteiger partial charge in [0.1, 0.15) is 11.9 Å². The van der Waals surface area contributed by atoms with Gasteiger partial charge in [0.2, 0.25) is 0 Å². The summed E-state index contributed by atoms with van der Waals surface area (Å²) >= 11 is 0. The van der Waals surface area contributed by atoms with E-state index in [1.807, 2.05) is 43.5 Å². The highest BCUT2D eigenvalue weighted by Gasteiger charge is 2.32. The number of urea groups is 1. The van der Waals surface area contributed by atoms with Crippen molar-refractivity contribution < 1.29 is 18.7 Å². The predicted octanol–water partition coefficient (Wildman–Crippen LogP) is 4.45. The molecule has 0 radical (unpaired) electrons. The summed E-state index contributed by atoms with van der Waals surface area (Å²) in [6.07, 6.45) is 4.49. The number of para-hydroxylation sites is 1. The van der Waals surface area contributed by atoms with Crippen molar-refractivity contribution in [2.75, 3.05) is 20.2 Å². The number of nitrogens with zero attached hydrogens (tertiary/aromatic N) is 1. The normalized spacial score (nSPS) is 15.7. The predicted molar refractivity (Wildman–Crippen MR) is 122 cm³/mol. The maximum Gasteiger partial charge on any atom is 0.329 e. The summed E-state index contributed by atoms with van der Waals surface area (Å²) in [6.45, 7) is 2.82. The smallest absolute Gasteiger partial charge is 0.329 e. The van der Waals surface area contributed by atoms with Crippen LogP contribution in [0.1, 0.15) is 30.4 Å². The third-order valence-electron chi connectivity index (χ3n) is 6.06. The lowest BCUT2D eigenvalue weighted by Gasteiger charge is -2.30. The Bertz CT molecular complexity index is 1150. The Kier molecular flexibility index (Phi) is 6.25. The van der Waals surface area contributed by atoms with Crippen LogP contribution in [0.3, 0.4) is 0 Å². The number of hydrogen-bond acceptors (Lipinski definition) is 3. The molecule has 1 aliphatic rings. The zero-order valence-corrected chi connectivity index (χ0v) is 18.1. The number of nitrogens with one attached hydrogen (secondary N) is 2. The van der Waals surface area contributed by atoms with Crippen molar-refractivity contribution in [1.82, 2.24) is 15.2 Å². The average Bonchev–Trinajstić information content (AvgIpc) is 3.26. The molecule has 0 saturated carbocycles. The number of fused-ring (bicyclic) bond motifs is 1. The van der Waals surface area contributed by atoms with Crippen LogP contribution in [-0.4, -0.2) is 48.1 Å². The van der Waals surface area contributed by atoms with Crippen molar-refractivity contribution in [1.29, 1.82) is 0 Å². The molecule has 0 unspecified atom stereocenters. The van der Waals surface area contributed by atoms with E-state index in [1.54, 1.807) is 17.0 Å². The van der Waals surface area contributed by atoms with Crippen LogP contribution in [0.2, 0.25) is 0 Å². The summed E-state index contributed by atoms with van der Waals surface area (Å²) in [4.78, 5) is 30.4. The number of hydrogen-bond donors (Lipinski definition) is 2. The van der Waals surface area contributed by atoms with Gasteiger partial charge >= 0.3 is 12.0 Å². The Morgan fingerprint density at radius 2 is 1.91 bits per heavy atom. The molecule has 2 N–H and O–H groups in total. The van der Waals surface area contributed by atoms with Gasteiger partial charge in [-0.3, -0.25) is 0 Å². The van der Waals surface area contributed by atoms with Gasteiger partial charge in [-0.2, -0.15) is 0 Å². The number of aromatic nitrogens is 1. The van der Waals surface area contributed by atoms with Gasteiger partial charge in [0.25, 0.3) is 0 Å². The maximum atomic E-state index is 13.2. The molecule has 7 heteroatoms. The molecule has 1 aliphatic heterocycles. The zero-order valence-electron chi connectivity index (χ0n) is 18.1. The molecule has 3 aromatic rings. The van der Waals surface area contributed by atoms with E-state index in [2.05, 4.69) is 10.3 Å². The maximum absolute atomic E-state index is 13.2. The van der Waals surface area contributed by atoms with Crippen LogP contribution >= 0.6 is 0 Å². The number of carbonyl (C=O) groups is 2. The second kappa shape index (κ2) is 9.26. The first kappa shape index (κ1) is 21.6. The minimum absolute atomic E-state index is 0.274. The Balaban J connectivity index is 1.48. The molecule has 1 aromatic heterocycles. The molecule has 0 saturated heterocycles. The van der Waals surface area contributed by atoms with E-state index in [1.165, 1.54) is 19.2 Å². The molecule has 2 aromatic carbocycles. The van der Waals surface area contributed by atoms with Crippen molar-refractivity contribution in [2.24, 2.45) is 0 Å². The second-order valence-electron chi connectivity index (χ2n) is 7.96. The number of rotatable bonds is 5. The summed E-state index contributed by atoms with van der Waals surface area (Å²) in [5.74, 6) is -1.06. The molecule has 32 heavy (non-hydrogen) atoms. The fourth-order valence-electron chi connectivity index (χ4n) is 4.17. The van der Waals surface area contributed by atoms with Gasteiger partial charge in [0.15, 0.2) is 0 Å².